The first-order valence-electron chi connectivity index (χ1n) is 5.45. The van der Waals surface area contributed by atoms with Crippen molar-refractivity contribution in [3.8, 4) is 11.6 Å². The summed E-state index contributed by atoms with van der Waals surface area (Å²) in [5, 5.41) is 0. The number of ether oxygens (including phenoxy) is 1. The maximum absolute atomic E-state index is 12.8. The Balaban J connectivity index is 2.41. The second kappa shape index (κ2) is 4.79. The highest BCUT2D eigenvalue weighted by atomic mass is 19.4. The summed E-state index contributed by atoms with van der Waals surface area (Å²) in [6.07, 6.45) is -4.49. The Morgan fingerprint density at radius 3 is 2.47 bits per heavy atom. The van der Waals surface area contributed by atoms with Gasteiger partial charge in [-0.05, 0) is 31.2 Å². The van der Waals surface area contributed by atoms with Gasteiger partial charge in [0.05, 0.1) is 11.3 Å². The van der Waals surface area contributed by atoms with Crippen molar-refractivity contribution in [3.63, 3.8) is 0 Å². The summed E-state index contributed by atoms with van der Waals surface area (Å²) < 4.78 is 43.6. The van der Waals surface area contributed by atoms with Crippen LogP contribution < -0.4 is 10.5 Å². The van der Waals surface area contributed by atoms with Crippen molar-refractivity contribution < 1.29 is 17.9 Å². The predicted molar refractivity (Wildman–Crippen MR) is 64.9 cm³/mol. The van der Waals surface area contributed by atoms with Crippen LogP contribution >= 0.6 is 0 Å². The number of benzene rings is 1. The summed E-state index contributed by atoms with van der Waals surface area (Å²) in [7, 11) is 0. The Morgan fingerprint density at radius 1 is 1.11 bits per heavy atom. The van der Waals surface area contributed by atoms with Gasteiger partial charge in [-0.3, -0.25) is 0 Å². The molecule has 1 heterocycles. The zero-order valence-corrected chi connectivity index (χ0v) is 10.0. The highest BCUT2D eigenvalue weighted by Gasteiger charge is 2.34. The molecule has 0 fully saturated rings. The van der Waals surface area contributed by atoms with E-state index in [1.165, 1.54) is 24.3 Å². The van der Waals surface area contributed by atoms with E-state index in [0.29, 0.717) is 5.69 Å². The van der Waals surface area contributed by atoms with Gasteiger partial charge in [-0.15, -0.1) is 0 Å². The lowest BCUT2D eigenvalue weighted by molar-refractivity contribution is -0.138. The Hall–Kier alpha value is -2.24. The fraction of sp³-hybridized carbons (Fsp3) is 0.154. The van der Waals surface area contributed by atoms with Crippen molar-refractivity contribution in [1.82, 2.24) is 4.98 Å². The van der Waals surface area contributed by atoms with Crippen molar-refractivity contribution in [2.45, 2.75) is 13.1 Å². The Bertz CT molecular complexity index is 597. The molecule has 2 N–H and O–H groups in total. The second-order valence-corrected chi connectivity index (χ2v) is 3.94. The molecule has 0 unspecified atom stereocenters. The summed E-state index contributed by atoms with van der Waals surface area (Å²) in [6, 6.07) is 8.11. The standard InChI is InChI=1S/C13H11F3N2O/c1-8-6-7-10(17)12(18-8)19-11-5-3-2-4-9(11)13(14,15)16/h2-7H,17H2,1H3. The lowest BCUT2D eigenvalue weighted by Gasteiger charge is -2.14. The third-order valence-corrected chi connectivity index (χ3v) is 2.43. The van der Waals surface area contributed by atoms with Crippen LogP contribution in [0.15, 0.2) is 36.4 Å². The molecular weight excluding hydrogens is 257 g/mol. The van der Waals surface area contributed by atoms with Gasteiger partial charge >= 0.3 is 6.18 Å². The maximum Gasteiger partial charge on any atom is 0.419 e. The number of para-hydroxylation sites is 1. The molecule has 0 aliphatic rings. The number of nitrogen functional groups attached to an aromatic ring is 1. The molecule has 0 amide bonds. The number of nitrogens with zero attached hydrogens (tertiary/aromatic N) is 1. The minimum absolute atomic E-state index is 0.0308. The van der Waals surface area contributed by atoms with E-state index in [4.69, 9.17) is 10.5 Å². The van der Waals surface area contributed by atoms with Crippen molar-refractivity contribution in [3.05, 3.63) is 47.7 Å². The van der Waals surface area contributed by atoms with Gasteiger partial charge in [0.1, 0.15) is 5.75 Å². The first-order valence-corrected chi connectivity index (χ1v) is 5.45. The third-order valence-electron chi connectivity index (χ3n) is 2.43. The highest BCUT2D eigenvalue weighted by Crippen LogP contribution is 2.38. The Labute approximate surface area is 107 Å². The maximum atomic E-state index is 12.8. The van der Waals surface area contributed by atoms with Gasteiger partial charge in [0.25, 0.3) is 0 Å². The molecule has 2 rings (SSSR count). The third kappa shape index (κ3) is 2.96. The molecule has 0 aliphatic carbocycles. The molecule has 6 heteroatoms. The van der Waals surface area contributed by atoms with Crippen molar-refractivity contribution in [2.75, 3.05) is 5.73 Å². The van der Waals surface area contributed by atoms with Gasteiger partial charge in [0, 0.05) is 5.69 Å². The van der Waals surface area contributed by atoms with Crippen LogP contribution in [0, 0.1) is 6.92 Å². The quantitative estimate of drug-likeness (QED) is 0.901. The fourth-order valence-electron chi connectivity index (χ4n) is 1.52. The molecule has 1 aromatic carbocycles. The van der Waals surface area contributed by atoms with Gasteiger partial charge < -0.3 is 10.5 Å². The van der Waals surface area contributed by atoms with Crippen molar-refractivity contribution in [2.24, 2.45) is 0 Å². The number of nitrogens with two attached hydrogens (primary N) is 1. The number of halogens is 3. The minimum atomic E-state index is -4.49. The lowest BCUT2D eigenvalue weighted by atomic mass is 10.2. The van der Waals surface area contributed by atoms with Gasteiger partial charge in [-0.25, -0.2) is 4.98 Å². The number of alkyl halides is 3. The van der Waals surface area contributed by atoms with E-state index in [-0.39, 0.29) is 17.3 Å². The SMILES string of the molecule is Cc1ccc(N)c(Oc2ccccc2C(F)(F)F)n1. The molecule has 100 valence electrons. The van der Waals surface area contributed by atoms with Crippen molar-refractivity contribution >= 4 is 5.69 Å². The van der Waals surface area contributed by atoms with Crippen LogP contribution in [0.5, 0.6) is 11.6 Å². The molecule has 0 bridgehead atoms. The smallest absolute Gasteiger partial charge is 0.419 e. The Kier molecular flexibility index (Phi) is 3.33. The molecule has 2 aromatic rings. The molecule has 19 heavy (non-hydrogen) atoms. The van der Waals surface area contributed by atoms with Crippen LogP contribution in [0.4, 0.5) is 18.9 Å². The van der Waals surface area contributed by atoms with Crippen LogP contribution in [0.2, 0.25) is 0 Å². The first kappa shape index (κ1) is 13.2. The molecule has 0 radical (unpaired) electrons. The predicted octanol–water partition coefficient (Wildman–Crippen LogP) is 3.78. The van der Waals surface area contributed by atoms with E-state index in [9.17, 15) is 13.2 Å². The zero-order chi connectivity index (χ0) is 14.0. The monoisotopic (exact) mass is 268 g/mol. The molecule has 0 spiro atoms. The van der Waals surface area contributed by atoms with E-state index in [0.717, 1.165) is 6.07 Å². The number of rotatable bonds is 2. The summed E-state index contributed by atoms with van der Waals surface area (Å²) in [5.41, 5.74) is 5.55. The molecule has 1 aromatic heterocycles. The van der Waals surface area contributed by atoms with Gasteiger partial charge in [0.2, 0.25) is 5.88 Å². The van der Waals surface area contributed by atoms with Crippen LogP contribution in [0.3, 0.4) is 0 Å². The van der Waals surface area contributed by atoms with Gasteiger partial charge in [0.15, 0.2) is 0 Å². The summed E-state index contributed by atoms with van der Waals surface area (Å²) in [5.74, 6) is -0.350. The zero-order valence-electron chi connectivity index (χ0n) is 10.0. The largest absolute Gasteiger partial charge is 0.436 e. The topological polar surface area (TPSA) is 48.1 Å². The normalized spacial score (nSPS) is 11.4. The van der Waals surface area contributed by atoms with Gasteiger partial charge in [-0.1, -0.05) is 12.1 Å². The first-order chi connectivity index (χ1) is 8.88. The lowest BCUT2D eigenvalue weighted by Crippen LogP contribution is -2.07. The molecule has 0 saturated heterocycles. The number of anilines is 1. The number of aromatic nitrogens is 1. The summed E-state index contributed by atoms with van der Waals surface area (Å²) in [4.78, 5) is 3.98. The second-order valence-electron chi connectivity index (χ2n) is 3.94. The van der Waals surface area contributed by atoms with E-state index in [1.54, 1.807) is 13.0 Å². The van der Waals surface area contributed by atoms with Crippen LogP contribution in [-0.2, 0) is 6.18 Å². The van der Waals surface area contributed by atoms with Crippen LogP contribution in [-0.4, -0.2) is 4.98 Å². The molecule has 0 aliphatic heterocycles. The van der Waals surface area contributed by atoms with Gasteiger partial charge in [-0.2, -0.15) is 13.2 Å². The molecule has 0 saturated carbocycles. The molecule has 0 atom stereocenters. The van der Waals surface area contributed by atoms with E-state index in [1.807, 2.05) is 0 Å². The number of pyridine rings is 1. The summed E-state index contributed by atoms with van der Waals surface area (Å²) >= 11 is 0. The van der Waals surface area contributed by atoms with Crippen LogP contribution in [0.1, 0.15) is 11.3 Å². The number of hydrogen-bond donors (Lipinski definition) is 1. The summed E-state index contributed by atoms with van der Waals surface area (Å²) in [6.45, 7) is 1.70. The molecule has 3 nitrogen and oxygen atoms in total. The van der Waals surface area contributed by atoms with E-state index >= 15 is 0 Å². The Morgan fingerprint density at radius 2 is 1.79 bits per heavy atom. The molecular formula is C13H11F3N2O. The van der Waals surface area contributed by atoms with E-state index < -0.39 is 11.7 Å². The number of aryl methyl sites for hydroxylation is 1. The van der Waals surface area contributed by atoms with Crippen molar-refractivity contribution in [1.29, 1.82) is 0 Å². The average molecular weight is 268 g/mol. The minimum Gasteiger partial charge on any atom is -0.436 e. The average Bonchev–Trinajstić information content (AvgIpc) is 2.33. The number of hydrogen-bond acceptors (Lipinski definition) is 3. The fourth-order valence-corrected chi connectivity index (χ4v) is 1.52. The van der Waals surface area contributed by atoms with E-state index in [2.05, 4.69) is 4.98 Å². The highest BCUT2D eigenvalue weighted by molar-refractivity contribution is 5.51. The van der Waals surface area contributed by atoms with Crippen LogP contribution in [0.25, 0.3) is 0 Å².